The number of hydrogen-bond acceptors (Lipinski definition) is 8. The third kappa shape index (κ3) is 7.44. The average molecular weight is 304 g/mol. The number of carboxylic acids is 2. The Morgan fingerprint density at radius 1 is 1.12 bits per heavy atom. The van der Waals surface area contributed by atoms with Crippen molar-refractivity contribution in [2.24, 2.45) is 11.5 Å². The first-order valence-corrected chi connectivity index (χ1v) is 8.65. The van der Waals surface area contributed by atoms with E-state index in [2.05, 4.69) is 0 Å². The van der Waals surface area contributed by atoms with Crippen molar-refractivity contribution in [3.8, 4) is 0 Å². The fourth-order valence-corrected chi connectivity index (χ4v) is 5.67. The molecule has 0 aromatic carbocycles. The molecule has 2 unspecified atom stereocenters. The second-order valence-electron chi connectivity index (χ2n) is 2.97. The molecule has 0 bridgehead atoms. The minimum Gasteiger partial charge on any atom is -0.480 e. The fraction of sp³-hybridized carbons (Fsp3) is 0.667. The van der Waals surface area contributed by atoms with Crippen molar-refractivity contribution in [2.75, 3.05) is 11.5 Å². The Kier molecular flexibility index (Phi) is 6.85. The van der Waals surface area contributed by atoms with Crippen molar-refractivity contribution in [2.45, 2.75) is 12.1 Å². The van der Waals surface area contributed by atoms with Gasteiger partial charge in [0.15, 0.2) is 0 Å². The number of hydrogen-bond donors (Lipinski definition) is 4. The Morgan fingerprint density at radius 3 is 2.00 bits per heavy atom. The molecule has 0 heterocycles. The first kappa shape index (κ1) is 16.5. The third-order valence-electron chi connectivity index (χ3n) is 1.42. The van der Waals surface area contributed by atoms with Crippen LogP contribution in [-0.4, -0.2) is 54.2 Å². The van der Waals surface area contributed by atoms with E-state index >= 15 is 0 Å². The van der Waals surface area contributed by atoms with Crippen molar-refractivity contribution in [3.63, 3.8) is 0 Å². The van der Waals surface area contributed by atoms with Gasteiger partial charge in [-0.1, -0.05) is 10.8 Å². The number of rotatable bonds is 8. The molecule has 11 heteroatoms. The second-order valence-corrected chi connectivity index (χ2v) is 8.98. The molecular formula is C6H12N2O6S3. The first-order valence-electron chi connectivity index (χ1n) is 4.16. The quantitative estimate of drug-likeness (QED) is 0.389. The van der Waals surface area contributed by atoms with Crippen molar-refractivity contribution >= 4 is 41.4 Å². The van der Waals surface area contributed by atoms with Crippen LogP contribution in [0.2, 0.25) is 0 Å². The zero-order chi connectivity index (χ0) is 13.6. The number of carbonyl (C=O) groups is 2. The van der Waals surface area contributed by atoms with Crippen molar-refractivity contribution < 1.29 is 28.2 Å². The summed E-state index contributed by atoms with van der Waals surface area (Å²) in [6.07, 6.45) is 0. The van der Waals surface area contributed by atoms with Crippen molar-refractivity contribution in [3.05, 3.63) is 0 Å². The lowest BCUT2D eigenvalue weighted by Crippen LogP contribution is -2.36. The van der Waals surface area contributed by atoms with Gasteiger partial charge in [0.25, 0.3) is 0 Å². The molecular weight excluding hydrogens is 292 g/mol. The van der Waals surface area contributed by atoms with Crippen LogP contribution >= 0.6 is 20.6 Å². The van der Waals surface area contributed by atoms with Crippen LogP contribution in [-0.2, 0) is 18.5 Å². The maximum atomic E-state index is 11.3. The monoisotopic (exact) mass is 304 g/mol. The molecule has 0 rings (SSSR count). The highest BCUT2D eigenvalue weighted by Crippen LogP contribution is 2.29. The highest BCUT2D eigenvalue weighted by Gasteiger charge is 2.23. The van der Waals surface area contributed by atoms with Gasteiger partial charge in [-0.15, -0.1) is 0 Å². The predicted molar refractivity (Wildman–Crippen MR) is 65.1 cm³/mol. The van der Waals surface area contributed by atoms with E-state index in [0.29, 0.717) is 9.83 Å². The van der Waals surface area contributed by atoms with E-state index in [0.717, 1.165) is 10.8 Å². The van der Waals surface area contributed by atoms with E-state index in [1.807, 2.05) is 0 Å². The standard InChI is InChI=1S/C6H12N2O6S3/c7-3(5(9)10)1-15-16-17(13,14)2-4(8)6(11)12/h3-4H,1-2,7-8H2,(H,9,10)(H,11,12). The largest absolute Gasteiger partial charge is 0.480 e. The first-order chi connectivity index (χ1) is 7.65. The number of nitrogens with two attached hydrogens (primary N) is 2. The molecule has 0 fully saturated rings. The molecule has 0 saturated heterocycles. The van der Waals surface area contributed by atoms with Gasteiger partial charge in [-0.3, -0.25) is 9.59 Å². The molecule has 0 aliphatic carbocycles. The topological polar surface area (TPSA) is 161 Å². The molecule has 0 aromatic heterocycles. The van der Waals surface area contributed by atoms with Gasteiger partial charge in [-0.05, 0) is 0 Å². The zero-order valence-electron chi connectivity index (χ0n) is 8.48. The average Bonchev–Trinajstić information content (AvgIpc) is 2.15. The van der Waals surface area contributed by atoms with Gasteiger partial charge in [0, 0.05) is 15.6 Å². The molecule has 100 valence electrons. The van der Waals surface area contributed by atoms with Crippen molar-refractivity contribution in [1.29, 1.82) is 0 Å². The molecule has 0 aliphatic rings. The van der Waals surface area contributed by atoms with Gasteiger partial charge in [0.2, 0.25) is 8.87 Å². The van der Waals surface area contributed by atoms with Gasteiger partial charge >= 0.3 is 11.9 Å². The van der Waals surface area contributed by atoms with Gasteiger partial charge in [-0.25, -0.2) is 8.42 Å². The zero-order valence-corrected chi connectivity index (χ0v) is 10.9. The summed E-state index contributed by atoms with van der Waals surface area (Å²) in [4.78, 5) is 20.7. The van der Waals surface area contributed by atoms with Crippen LogP contribution in [0.3, 0.4) is 0 Å². The van der Waals surface area contributed by atoms with Crippen LogP contribution < -0.4 is 11.5 Å². The Labute approximate surface area is 105 Å². The van der Waals surface area contributed by atoms with Gasteiger partial charge in [-0.2, -0.15) is 0 Å². The van der Waals surface area contributed by atoms with Crippen LogP contribution in [0.25, 0.3) is 0 Å². The normalized spacial score (nSPS) is 15.2. The highest BCUT2D eigenvalue weighted by atomic mass is 33.5. The predicted octanol–water partition coefficient (Wildman–Crippen LogP) is -1.48. The van der Waals surface area contributed by atoms with Crippen LogP contribution in [0.4, 0.5) is 0 Å². The number of aliphatic carboxylic acids is 2. The molecule has 0 radical (unpaired) electrons. The van der Waals surface area contributed by atoms with Gasteiger partial charge in [0.05, 0.1) is 5.75 Å². The Hall–Kier alpha value is -0.490. The molecule has 17 heavy (non-hydrogen) atoms. The molecule has 2 atom stereocenters. The van der Waals surface area contributed by atoms with Crippen LogP contribution in [0.1, 0.15) is 0 Å². The Morgan fingerprint density at radius 2 is 1.59 bits per heavy atom. The highest BCUT2D eigenvalue weighted by molar-refractivity contribution is 9.06. The van der Waals surface area contributed by atoms with E-state index < -0.39 is 38.6 Å². The summed E-state index contributed by atoms with van der Waals surface area (Å²) in [7, 11) is -2.62. The molecule has 0 amide bonds. The van der Waals surface area contributed by atoms with Crippen LogP contribution in [0, 0.1) is 0 Å². The molecule has 0 aromatic rings. The maximum Gasteiger partial charge on any atom is 0.321 e. The lowest BCUT2D eigenvalue weighted by atomic mass is 10.4. The van der Waals surface area contributed by atoms with E-state index in [-0.39, 0.29) is 5.75 Å². The minimum atomic E-state index is -3.72. The molecule has 0 aliphatic heterocycles. The summed E-state index contributed by atoms with van der Waals surface area (Å²) in [6.45, 7) is 0. The SMILES string of the molecule is NC(CSSS(=O)(=O)CC(N)C(=O)O)C(=O)O. The fourth-order valence-electron chi connectivity index (χ4n) is 0.565. The Balaban J connectivity index is 4.11. The van der Waals surface area contributed by atoms with E-state index in [1.54, 1.807) is 0 Å². The minimum absolute atomic E-state index is 0.110. The van der Waals surface area contributed by atoms with E-state index in [9.17, 15) is 18.0 Å². The van der Waals surface area contributed by atoms with Crippen LogP contribution in [0.5, 0.6) is 0 Å². The molecule has 0 saturated carbocycles. The summed E-state index contributed by atoms with van der Waals surface area (Å²) in [6, 6.07) is -2.67. The lowest BCUT2D eigenvalue weighted by molar-refractivity contribution is -0.138. The summed E-state index contributed by atoms with van der Waals surface area (Å²) in [5.74, 6) is -3.48. The second kappa shape index (κ2) is 7.06. The Bertz CT molecular complexity index is 383. The maximum absolute atomic E-state index is 11.3. The summed E-state index contributed by atoms with van der Waals surface area (Å²) >= 11 is 0. The third-order valence-corrected chi connectivity index (χ3v) is 7.44. The van der Waals surface area contributed by atoms with E-state index in [1.165, 1.54) is 0 Å². The van der Waals surface area contributed by atoms with Gasteiger partial charge < -0.3 is 21.7 Å². The number of carboxylic acid groups (broad SMARTS) is 2. The summed E-state index contributed by atoms with van der Waals surface area (Å²) in [5, 5.41) is 16.9. The smallest absolute Gasteiger partial charge is 0.321 e. The van der Waals surface area contributed by atoms with E-state index in [4.69, 9.17) is 21.7 Å². The van der Waals surface area contributed by atoms with Gasteiger partial charge in [0.1, 0.15) is 12.1 Å². The van der Waals surface area contributed by atoms with Crippen molar-refractivity contribution in [1.82, 2.24) is 0 Å². The van der Waals surface area contributed by atoms with Crippen LogP contribution in [0.15, 0.2) is 0 Å². The molecule has 8 nitrogen and oxygen atoms in total. The summed E-state index contributed by atoms with van der Waals surface area (Å²) < 4.78 is 22.6. The summed E-state index contributed by atoms with van der Waals surface area (Å²) in [5.41, 5.74) is 10.2. The molecule has 0 spiro atoms. The lowest BCUT2D eigenvalue weighted by Gasteiger charge is -2.07. The molecule has 6 N–H and O–H groups in total.